The Kier molecular flexibility index (Phi) is 8.55. The van der Waals surface area contributed by atoms with Crippen LogP contribution in [0.5, 0.6) is 0 Å². The maximum atomic E-state index is 13.3. The number of carbonyl (C=O) groups excluding carboxylic acids is 2. The highest BCUT2D eigenvalue weighted by atomic mass is 16.3. The average molecular weight is 448 g/mol. The van der Waals surface area contributed by atoms with E-state index in [4.69, 9.17) is 0 Å². The summed E-state index contributed by atoms with van der Waals surface area (Å²) in [5.41, 5.74) is 1.46. The molecule has 6 heteroatoms. The van der Waals surface area contributed by atoms with E-state index in [1.807, 2.05) is 54.6 Å². The van der Waals surface area contributed by atoms with E-state index in [2.05, 4.69) is 29.5 Å². The molecular formula is C27H33N3O3. The first-order chi connectivity index (χ1) is 15.9. The van der Waals surface area contributed by atoms with E-state index in [1.54, 1.807) is 19.4 Å². The summed E-state index contributed by atoms with van der Waals surface area (Å²) in [6.45, 7) is 4.11. The van der Waals surface area contributed by atoms with Crippen molar-refractivity contribution in [3.63, 3.8) is 0 Å². The van der Waals surface area contributed by atoms with E-state index < -0.39 is 12.1 Å². The molecular weight excluding hydrogens is 414 g/mol. The molecule has 33 heavy (non-hydrogen) atoms. The van der Waals surface area contributed by atoms with E-state index >= 15 is 0 Å². The standard InChI is InChI=1S/C27H33N3O3/c1-18(2)13-21(26(32)28-3)15-25(31)24(14-19-9-5-4-6-10-19)30-27(33)23-17-29-16-20-11-7-8-12-22(20)23/h4-12,16-18,21,24-25,31H,13-15H2,1-3H3,(H,28,32)(H,30,33)/t21-,24+,25+/m1/s1. The molecule has 0 aliphatic rings. The van der Waals surface area contributed by atoms with E-state index in [9.17, 15) is 14.7 Å². The molecule has 0 unspecified atom stereocenters. The Hall–Kier alpha value is -3.25. The Morgan fingerprint density at radius 3 is 2.36 bits per heavy atom. The molecule has 0 aliphatic carbocycles. The first-order valence-electron chi connectivity index (χ1n) is 11.5. The number of hydrogen-bond acceptors (Lipinski definition) is 4. The SMILES string of the molecule is CNC(=O)[C@H](CC(C)C)C[C@H](O)[C@H](Cc1ccccc1)NC(=O)c1cncc2ccccc12. The molecule has 1 heterocycles. The highest BCUT2D eigenvalue weighted by Crippen LogP contribution is 2.22. The smallest absolute Gasteiger partial charge is 0.253 e. The molecule has 1 aromatic heterocycles. The minimum Gasteiger partial charge on any atom is -0.391 e. The van der Waals surface area contributed by atoms with E-state index in [0.717, 1.165) is 16.3 Å². The quantitative estimate of drug-likeness (QED) is 0.442. The van der Waals surface area contributed by atoms with Crippen molar-refractivity contribution in [1.29, 1.82) is 0 Å². The van der Waals surface area contributed by atoms with Crippen molar-refractivity contribution < 1.29 is 14.7 Å². The van der Waals surface area contributed by atoms with E-state index in [0.29, 0.717) is 24.3 Å². The first kappa shape index (κ1) is 24.4. The van der Waals surface area contributed by atoms with Crippen LogP contribution < -0.4 is 10.6 Å². The molecule has 3 rings (SSSR count). The molecule has 0 bridgehead atoms. The maximum absolute atomic E-state index is 13.3. The molecule has 3 atom stereocenters. The van der Waals surface area contributed by atoms with Crippen LogP contribution in [0, 0.1) is 11.8 Å². The largest absolute Gasteiger partial charge is 0.391 e. The van der Waals surface area contributed by atoms with Crippen molar-refractivity contribution >= 4 is 22.6 Å². The summed E-state index contributed by atoms with van der Waals surface area (Å²) in [6.07, 6.45) is 3.77. The number of fused-ring (bicyclic) bond motifs is 1. The lowest BCUT2D eigenvalue weighted by Gasteiger charge is -2.28. The van der Waals surface area contributed by atoms with Gasteiger partial charge in [-0.15, -0.1) is 0 Å². The Balaban J connectivity index is 1.85. The van der Waals surface area contributed by atoms with Crippen LogP contribution in [0.15, 0.2) is 67.0 Å². The fourth-order valence-corrected chi connectivity index (χ4v) is 4.23. The number of amides is 2. The van der Waals surface area contributed by atoms with Gasteiger partial charge < -0.3 is 15.7 Å². The molecule has 0 fully saturated rings. The fraction of sp³-hybridized carbons (Fsp3) is 0.370. The van der Waals surface area contributed by atoms with Gasteiger partial charge in [0, 0.05) is 30.7 Å². The zero-order chi connectivity index (χ0) is 23.8. The maximum Gasteiger partial charge on any atom is 0.253 e. The topological polar surface area (TPSA) is 91.3 Å². The van der Waals surface area contributed by atoms with Gasteiger partial charge in [-0.1, -0.05) is 68.4 Å². The number of aromatic nitrogens is 1. The number of aliphatic hydroxyl groups is 1. The molecule has 6 nitrogen and oxygen atoms in total. The number of nitrogens with zero attached hydrogens (tertiary/aromatic N) is 1. The van der Waals surface area contributed by atoms with E-state index in [-0.39, 0.29) is 24.2 Å². The molecule has 0 saturated heterocycles. The monoisotopic (exact) mass is 447 g/mol. The lowest BCUT2D eigenvalue weighted by molar-refractivity contribution is -0.126. The van der Waals surface area contributed by atoms with Gasteiger partial charge in [-0.3, -0.25) is 14.6 Å². The van der Waals surface area contributed by atoms with Gasteiger partial charge >= 0.3 is 0 Å². The predicted octanol–water partition coefficient (Wildman–Crippen LogP) is 3.74. The normalized spacial score (nSPS) is 14.0. The zero-order valence-corrected chi connectivity index (χ0v) is 19.5. The second-order valence-electron chi connectivity index (χ2n) is 8.92. The second-order valence-corrected chi connectivity index (χ2v) is 8.92. The van der Waals surface area contributed by atoms with Crippen LogP contribution in [0.3, 0.4) is 0 Å². The Morgan fingerprint density at radius 2 is 1.67 bits per heavy atom. The van der Waals surface area contributed by atoms with Gasteiger partial charge in [0.15, 0.2) is 0 Å². The summed E-state index contributed by atoms with van der Waals surface area (Å²) in [7, 11) is 1.61. The zero-order valence-electron chi connectivity index (χ0n) is 19.5. The summed E-state index contributed by atoms with van der Waals surface area (Å²) in [5, 5.41) is 18.6. The highest BCUT2D eigenvalue weighted by Gasteiger charge is 2.29. The van der Waals surface area contributed by atoms with Gasteiger partial charge in [0.2, 0.25) is 5.91 Å². The molecule has 2 aromatic carbocycles. The second kappa shape index (κ2) is 11.6. The van der Waals surface area contributed by atoms with Gasteiger partial charge in [-0.25, -0.2) is 0 Å². The van der Waals surface area contributed by atoms with Crippen molar-refractivity contribution in [1.82, 2.24) is 15.6 Å². The highest BCUT2D eigenvalue weighted by molar-refractivity contribution is 6.06. The Labute approximate surface area is 195 Å². The molecule has 0 radical (unpaired) electrons. The van der Waals surface area contributed by atoms with Gasteiger partial charge in [-0.05, 0) is 36.1 Å². The van der Waals surface area contributed by atoms with Gasteiger partial charge in [-0.2, -0.15) is 0 Å². The van der Waals surface area contributed by atoms with Crippen LogP contribution in [0.25, 0.3) is 10.8 Å². The first-order valence-corrected chi connectivity index (χ1v) is 11.5. The Morgan fingerprint density at radius 1 is 0.970 bits per heavy atom. The number of nitrogens with one attached hydrogen (secondary N) is 2. The van der Waals surface area contributed by atoms with Crippen LogP contribution in [0.2, 0.25) is 0 Å². The number of pyridine rings is 1. The molecule has 3 N–H and O–H groups in total. The van der Waals surface area contributed by atoms with Gasteiger partial charge in [0.1, 0.15) is 0 Å². The van der Waals surface area contributed by atoms with Crippen molar-refractivity contribution in [2.75, 3.05) is 7.05 Å². The molecule has 174 valence electrons. The summed E-state index contributed by atoms with van der Waals surface area (Å²) in [6, 6.07) is 16.8. The predicted molar refractivity (Wildman–Crippen MR) is 131 cm³/mol. The van der Waals surface area contributed by atoms with Crippen LogP contribution >= 0.6 is 0 Å². The van der Waals surface area contributed by atoms with Crippen LogP contribution in [0.1, 0.15) is 42.6 Å². The van der Waals surface area contributed by atoms with Crippen LogP contribution in [-0.4, -0.2) is 41.1 Å². The fourth-order valence-electron chi connectivity index (χ4n) is 4.23. The van der Waals surface area contributed by atoms with Crippen molar-refractivity contribution in [3.05, 3.63) is 78.1 Å². The number of rotatable bonds is 10. The number of carbonyl (C=O) groups is 2. The number of benzene rings is 2. The molecule has 0 spiro atoms. The molecule has 0 saturated carbocycles. The van der Waals surface area contributed by atoms with Crippen LogP contribution in [0.4, 0.5) is 0 Å². The summed E-state index contributed by atoms with van der Waals surface area (Å²) < 4.78 is 0. The third kappa shape index (κ3) is 6.62. The molecule has 3 aromatic rings. The molecule has 2 amide bonds. The third-order valence-electron chi connectivity index (χ3n) is 5.89. The van der Waals surface area contributed by atoms with Crippen LogP contribution in [-0.2, 0) is 11.2 Å². The van der Waals surface area contributed by atoms with Crippen molar-refractivity contribution in [3.8, 4) is 0 Å². The Bertz CT molecular complexity index is 1060. The molecule has 0 aliphatic heterocycles. The van der Waals surface area contributed by atoms with Crippen molar-refractivity contribution in [2.45, 2.75) is 45.3 Å². The lowest BCUT2D eigenvalue weighted by atomic mass is 9.87. The van der Waals surface area contributed by atoms with Crippen molar-refractivity contribution in [2.24, 2.45) is 11.8 Å². The summed E-state index contributed by atoms with van der Waals surface area (Å²) in [5.74, 6) is -0.409. The van der Waals surface area contributed by atoms with Gasteiger partial charge in [0.25, 0.3) is 5.91 Å². The summed E-state index contributed by atoms with van der Waals surface area (Å²) >= 11 is 0. The van der Waals surface area contributed by atoms with Gasteiger partial charge in [0.05, 0.1) is 17.7 Å². The number of hydrogen-bond donors (Lipinski definition) is 3. The third-order valence-corrected chi connectivity index (χ3v) is 5.89. The lowest BCUT2D eigenvalue weighted by Crippen LogP contribution is -2.46. The van der Waals surface area contributed by atoms with E-state index in [1.165, 1.54) is 0 Å². The average Bonchev–Trinajstić information content (AvgIpc) is 2.82. The number of aliphatic hydroxyl groups excluding tert-OH is 1. The minimum absolute atomic E-state index is 0.0919. The minimum atomic E-state index is -0.891. The summed E-state index contributed by atoms with van der Waals surface area (Å²) in [4.78, 5) is 29.9.